The summed E-state index contributed by atoms with van der Waals surface area (Å²) in [6.45, 7) is 5.06. The number of aromatic nitrogens is 1. The third kappa shape index (κ3) is 3.91. The first-order chi connectivity index (χ1) is 10.3. The van der Waals surface area contributed by atoms with Gasteiger partial charge >= 0.3 is 0 Å². The van der Waals surface area contributed by atoms with E-state index in [0.717, 1.165) is 44.8 Å². The fourth-order valence-electron chi connectivity index (χ4n) is 2.90. The lowest BCUT2D eigenvalue weighted by atomic mass is 10.1. The Morgan fingerprint density at radius 3 is 3.00 bits per heavy atom. The van der Waals surface area contributed by atoms with Crippen LogP contribution in [0.2, 0.25) is 0 Å². The average Bonchev–Trinajstić information content (AvgIpc) is 3.15. The van der Waals surface area contributed by atoms with E-state index in [2.05, 4.69) is 31.8 Å². The van der Waals surface area contributed by atoms with E-state index < -0.39 is 0 Å². The molecule has 1 fully saturated rings. The third-order valence-electron chi connectivity index (χ3n) is 3.99. The molecule has 2 aromatic rings. The SMILES string of the molecule is OCCC1CN(Cc2ccon2)CCN1Cc1ccsc1. The van der Waals surface area contributed by atoms with Crippen LogP contribution in [-0.4, -0.2) is 52.3 Å². The molecular formula is C15H21N3O2S. The normalized spacial score (nSPS) is 20.9. The van der Waals surface area contributed by atoms with E-state index in [1.807, 2.05) is 6.07 Å². The molecule has 0 spiro atoms. The summed E-state index contributed by atoms with van der Waals surface area (Å²) in [7, 11) is 0. The highest BCUT2D eigenvalue weighted by atomic mass is 32.1. The molecule has 5 nitrogen and oxygen atoms in total. The lowest BCUT2D eigenvalue weighted by Crippen LogP contribution is -2.52. The summed E-state index contributed by atoms with van der Waals surface area (Å²) in [6, 6.07) is 4.50. The first-order valence-corrected chi connectivity index (χ1v) is 8.27. The smallest absolute Gasteiger partial charge is 0.124 e. The number of rotatable bonds is 6. The van der Waals surface area contributed by atoms with Crippen molar-refractivity contribution < 1.29 is 9.63 Å². The molecule has 114 valence electrons. The monoisotopic (exact) mass is 307 g/mol. The summed E-state index contributed by atoms with van der Waals surface area (Å²) in [4.78, 5) is 4.87. The molecule has 1 aliphatic heterocycles. The Labute approximate surface area is 128 Å². The largest absolute Gasteiger partial charge is 0.396 e. The van der Waals surface area contributed by atoms with Crippen molar-refractivity contribution >= 4 is 11.3 Å². The van der Waals surface area contributed by atoms with Crippen LogP contribution < -0.4 is 0 Å². The van der Waals surface area contributed by atoms with Crippen LogP contribution >= 0.6 is 11.3 Å². The minimum absolute atomic E-state index is 0.239. The molecule has 3 heterocycles. The predicted molar refractivity (Wildman–Crippen MR) is 82.0 cm³/mol. The molecule has 0 aromatic carbocycles. The van der Waals surface area contributed by atoms with Crippen molar-refractivity contribution in [2.75, 3.05) is 26.2 Å². The molecule has 0 aliphatic carbocycles. The standard InChI is InChI=1S/C15H21N3O2S/c19-6-1-15-11-17(10-14-2-7-20-16-14)4-5-18(15)9-13-3-8-21-12-13/h2-3,7-8,12,15,19H,1,4-6,9-11H2. The van der Waals surface area contributed by atoms with E-state index in [0.29, 0.717) is 6.04 Å². The minimum atomic E-state index is 0.239. The second-order valence-electron chi connectivity index (χ2n) is 5.49. The summed E-state index contributed by atoms with van der Waals surface area (Å²) in [5.41, 5.74) is 2.34. The van der Waals surface area contributed by atoms with Gasteiger partial charge in [0.1, 0.15) is 6.26 Å². The fraction of sp³-hybridized carbons (Fsp3) is 0.533. The van der Waals surface area contributed by atoms with Gasteiger partial charge in [-0.25, -0.2) is 0 Å². The molecule has 0 saturated carbocycles. The van der Waals surface area contributed by atoms with Crippen LogP contribution in [0.4, 0.5) is 0 Å². The molecule has 0 amide bonds. The van der Waals surface area contributed by atoms with Gasteiger partial charge in [0.2, 0.25) is 0 Å². The third-order valence-corrected chi connectivity index (χ3v) is 4.73. The van der Waals surface area contributed by atoms with Gasteiger partial charge in [-0.3, -0.25) is 9.80 Å². The topological polar surface area (TPSA) is 52.7 Å². The fourth-order valence-corrected chi connectivity index (χ4v) is 3.56. The summed E-state index contributed by atoms with van der Waals surface area (Å²) >= 11 is 1.74. The number of aliphatic hydroxyl groups excluding tert-OH is 1. The van der Waals surface area contributed by atoms with Gasteiger partial charge < -0.3 is 9.63 Å². The summed E-state index contributed by atoms with van der Waals surface area (Å²) < 4.78 is 4.90. The van der Waals surface area contributed by atoms with Gasteiger partial charge in [-0.15, -0.1) is 0 Å². The Kier molecular flexibility index (Phi) is 5.03. The highest BCUT2D eigenvalue weighted by Gasteiger charge is 2.27. The first-order valence-electron chi connectivity index (χ1n) is 7.33. The summed E-state index contributed by atoms with van der Waals surface area (Å²) in [6.07, 6.45) is 2.44. The molecule has 1 N–H and O–H groups in total. The summed E-state index contributed by atoms with van der Waals surface area (Å²) in [5.74, 6) is 0. The highest BCUT2D eigenvalue weighted by Crippen LogP contribution is 2.19. The molecule has 0 radical (unpaired) electrons. The number of thiophene rings is 1. The van der Waals surface area contributed by atoms with Crippen molar-refractivity contribution in [1.82, 2.24) is 15.0 Å². The molecule has 2 aromatic heterocycles. The van der Waals surface area contributed by atoms with E-state index in [-0.39, 0.29) is 6.61 Å². The molecule has 3 rings (SSSR count). The molecule has 1 saturated heterocycles. The minimum Gasteiger partial charge on any atom is -0.396 e. The maximum Gasteiger partial charge on any atom is 0.124 e. The van der Waals surface area contributed by atoms with Crippen molar-refractivity contribution in [3.63, 3.8) is 0 Å². The van der Waals surface area contributed by atoms with Gasteiger partial charge in [-0.1, -0.05) is 5.16 Å². The van der Waals surface area contributed by atoms with E-state index in [9.17, 15) is 5.11 Å². The van der Waals surface area contributed by atoms with Crippen LogP contribution in [-0.2, 0) is 13.1 Å². The van der Waals surface area contributed by atoms with Crippen LogP contribution in [0.3, 0.4) is 0 Å². The Morgan fingerprint density at radius 1 is 1.33 bits per heavy atom. The molecule has 1 aliphatic rings. The molecular weight excluding hydrogens is 286 g/mol. The Hall–Kier alpha value is -1.21. The van der Waals surface area contributed by atoms with Gasteiger partial charge in [-0.05, 0) is 28.8 Å². The molecule has 1 unspecified atom stereocenters. The second-order valence-corrected chi connectivity index (χ2v) is 6.27. The number of aliphatic hydroxyl groups is 1. The summed E-state index contributed by atoms with van der Waals surface area (Å²) in [5, 5.41) is 17.6. The molecule has 1 atom stereocenters. The van der Waals surface area contributed by atoms with Crippen molar-refractivity contribution in [3.05, 3.63) is 40.4 Å². The van der Waals surface area contributed by atoms with Crippen LogP contribution in [0.15, 0.2) is 33.7 Å². The Bertz CT molecular complexity index is 515. The van der Waals surface area contributed by atoms with Crippen LogP contribution in [0.25, 0.3) is 0 Å². The zero-order valence-corrected chi connectivity index (χ0v) is 12.8. The van der Waals surface area contributed by atoms with E-state index in [1.54, 1.807) is 17.6 Å². The van der Waals surface area contributed by atoms with Crippen LogP contribution in [0.1, 0.15) is 17.7 Å². The van der Waals surface area contributed by atoms with Gasteiger partial charge in [0, 0.05) is 51.4 Å². The van der Waals surface area contributed by atoms with Crippen molar-refractivity contribution in [2.24, 2.45) is 0 Å². The van der Waals surface area contributed by atoms with Crippen LogP contribution in [0.5, 0.6) is 0 Å². The first kappa shape index (κ1) is 14.7. The Morgan fingerprint density at radius 2 is 2.29 bits per heavy atom. The lowest BCUT2D eigenvalue weighted by molar-refractivity contribution is 0.0490. The molecule has 0 bridgehead atoms. The van der Waals surface area contributed by atoms with Crippen molar-refractivity contribution in [1.29, 1.82) is 0 Å². The maximum absolute atomic E-state index is 9.33. The van der Waals surface area contributed by atoms with Gasteiger partial charge in [-0.2, -0.15) is 11.3 Å². The zero-order valence-electron chi connectivity index (χ0n) is 12.0. The van der Waals surface area contributed by atoms with Crippen molar-refractivity contribution in [2.45, 2.75) is 25.6 Å². The lowest BCUT2D eigenvalue weighted by Gasteiger charge is -2.41. The molecule has 6 heteroatoms. The van der Waals surface area contributed by atoms with E-state index in [1.165, 1.54) is 5.56 Å². The van der Waals surface area contributed by atoms with Crippen molar-refractivity contribution in [3.8, 4) is 0 Å². The van der Waals surface area contributed by atoms with Crippen LogP contribution in [0, 0.1) is 0 Å². The van der Waals surface area contributed by atoms with E-state index >= 15 is 0 Å². The second kappa shape index (κ2) is 7.17. The van der Waals surface area contributed by atoms with Gasteiger partial charge in [0.15, 0.2) is 0 Å². The quantitative estimate of drug-likeness (QED) is 0.882. The average molecular weight is 307 g/mol. The number of piperazine rings is 1. The molecule has 21 heavy (non-hydrogen) atoms. The van der Waals surface area contributed by atoms with Gasteiger partial charge in [0.05, 0.1) is 5.69 Å². The number of hydrogen-bond donors (Lipinski definition) is 1. The zero-order chi connectivity index (χ0) is 14.5. The maximum atomic E-state index is 9.33. The number of hydrogen-bond acceptors (Lipinski definition) is 6. The predicted octanol–water partition coefficient (Wildman–Crippen LogP) is 1.80. The number of nitrogens with zero attached hydrogens (tertiary/aromatic N) is 3. The van der Waals surface area contributed by atoms with E-state index in [4.69, 9.17) is 4.52 Å². The Balaban J connectivity index is 1.59. The van der Waals surface area contributed by atoms with Gasteiger partial charge in [0.25, 0.3) is 0 Å². The highest BCUT2D eigenvalue weighted by molar-refractivity contribution is 7.07.